The van der Waals surface area contributed by atoms with Crippen LogP contribution >= 0.6 is 11.3 Å². The molecule has 0 saturated heterocycles. The molecule has 0 aliphatic heterocycles. The van der Waals surface area contributed by atoms with Crippen molar-refractivity contribution >= 4 is 21.4 Å². The van der Waals surface area contributed by atoms with Crippen LogP contribution in [0.5, 0.6) is 0 Å². The second-order valence-corrected chi connectivity index (χ2v) is 4.48. The third kappa shape index (κ3) is 1.60. The first-order valence-corrected chi connectivity index (χ1v) is 5.25. The predicted molar refractivity (Wildman–Crippen MR) is 59.3 cm³/mol. The molecule has 0 aliphatic carbocycles. The largest absolute Gasteiger partial charge is 0.316 e. The van der Waals surface area contributed by atoms with Gasteiger partial charge in [-0.3, -0.25) is 0 Å². The van der Waals surface area contributed by atoms with Crippen LogP contribution in [0.25, 0.3) is 10.1 Å². The minimum Gasteiger partial charge on any atom is -0.316 e. The molecule has 2 rings (SSSR count). The maximum atomic E-state index is 3.19. The average molecular weight is 191 g/mol. The van der Waals surface area contributed by atoms with Crippen LogP contribution in [0.3, 0.4) is 0 Å². The molecular formula is C11H13NS. The van der Waals surface area contributed by atoms with Gasteiger partial charge in [-0.25, -0.2) is 0 Å². The lowest BCUT2D eigenvalue weighted by molar-refractivity contribution is 0.825. The van der Waals surface area contributed by atoms with E-state index in [0.29, 0.717) is 0 Å². The molecule has 0 aliphatic rings. The standard InChI is InChI=1S/C11H13NS/c1-8-6-9-4-3-5-10(7-12-2)11(9)13-8/h3-6,12H,7H2,1-2H3. The quantitative estimate of drug-likeness (QED) is 0.769. The Balaban J connectivity index is 2.60. The fourth-order valence-electron chi connectivity index (χ4n) is 1.58. The number of aryl methyl sites for hydroxylation is 1. The molecule has 0 unspecified atom stereocenters. The first-order chi connectivity index (χ1) is 6.31. The zero-order valence-corrected chi connectivity index (χ0v) is 8.74. The van der Waals surface area contributed by atoms with Gasteiger partial charge in [0.1, 0.15) is 0 Å². The Morgan fingerprint density at radius 3 is 3.00 bits per heavy atom. The lowest BCUT2D eigenvalue weighted by atomic mass is 10.1. The van der Waals surface area contributed by atoms with Crippen LogP contribution in [0.2, 0.25) is 0 Å². The van der Waals surface area contributed by atoms with Gasteiger partial charge < -0.3 is 5.32 Å². The van der Waals surface area contributed by atoms with Crippen molar-refractivity contribution in [3.8, 4) is 0 Å². The van der Waals surface area contributed by atoms with E-state index in [-0.39, 0.29) is 0 Å². The zero-order valence-electron chi connectivity index (χ0n) is 7.92. The summed E-state index contributed by atoms with van der Waals surface area (Å²) in [7, 11) is 1.99. The molecule has 0 radical (unpaired) electrons. The number of hydrogen-bond donors (Lipinski definition) is 1. The van der Waals surface area contributed by atoms with Crippen LogP contribution in [-0.2, 0) is 6.54 Å². The summed E-state index contributed by atoms with van der Waals surface area (Å²) < 4.78 is 1.43. The summed E-state index contributed by atoms with van der Waals surface area (Å²) in [6, 6.07) is 8.74. The van der Waals surface area contributed by atoms with E-state index in [2.05, 4.69) is 36.5 Å². The van der Waals surface area contributed by atoms with Gasteiger partial charge in [-0.05, 0) is 31.0 Å². The van der Waals surface area contributed by atoms with E-state index in [9.17, 15) is 0 Å². The SMILES string of the molecule is CNCc1cccc2cc(C)sc12. The van der Waals surface area contributed by atoms with E-state index < -0.39 is 0 Å². The molecule has 0 fully saturated rings. The summed E-state index contributed by atoms with van der Waals surface area (Å²) >= 11 is 1.88. The van der Waals surface area contributed by atoms with E-state index in [4.69, 9.17) is 0 Å². The lowest BCUT2D eigenvalue weighted by Gasteiger charge is -2.00. The molecule has 13 heavy (non-hydrogen) atoms. The summed E-state index contributed by atoms with van der Waals surface area (Å²) in [6.07, 6.45) is 0. The Kier molecular flexibility index (Phi) is 2.34. The van der Waals surface area contributed by atoms with Gasteiger partial charge in [0.15, 0.2) is 0 Å². The molecule has 1 N–H and O–H groups in total. The van der Waals surface area contributed by atoms with Crippen molar-refractivity contribution in [2.75, 3.05) is 7.05 Å². The Hall–Kier alpha value is -0.860. The third-order valence-electron chi connectivity index (χ3n) is 2.12. The van der Waals surface area contributed by atoms with Gasteiger partial charge in [-0.15, -0.1) is 11.3 Å². The first kappa shape index (κ1) is 8.73. The van der Waals surface area contributed by atoms with Crippen molar-refractivity contribution in [1.29, 1.82) is 0 Å². The van der Waals surface area contributed by atoms with Crippen molar-refractivity contribution in [3.05, 3.63) is 34.7 Å². The van der Waals surface area contributed by atoms with Gasteiger partial charge in [-0.1, -0.05) is 18.2 Å². The molecule has 2 heteroatoms. The first-order valence-electron chi connectivity index (χ1n) is 4.44. The molecule has 1 heterocycles. The molecule has 0 saturated carbocycles. The van der Waals surface area contributed by atoms with Gasteiger partial charge in [0.2, 0.25) is 0 Å². The molecule has 0 atom stereocenters. The molecular weight excluding hydrogens is 178 g/mol. The summed E-state index contributed by atoms with van der Waals surface area (Å²) in [6.45, 7) is 3.12. The van der Waals surface area contributed by atoms with Gasteiger partial charge in [-0.2, -0.15) is 0 Å². The van der Waals surface area contributed by atoms with Crippen LogP contribution in [-0.4, -0.2) is 7.05 Å². The van der Waals surface area contributed by atoms with Gasteiger partial charge in [0, 0.05) is 16.1 Å². The summed E-state index contributed by atoms with van der Waals surface area (Å²) in [5.41, 5.74) is 1.40. The van der Waals surface area contributed by atoms with E-state index in [1.165, 1.54) is 20.5 Å². The Morgan fingerprint density at radius 2 is 2.23 bits per heavy atom. The van der Waals surface area contributed by atoms with Crippen LogP contribution in [0.1, 0.15) is 10.4 Å². The predicted octanol–water partition coefficient (Wildman–Crippen LogP) is 2.93. The van der Waals surface area contributed by atoms with Crippen LogP contribution in [0.15, 0.2) is 24.3 Å². The minimum absolute atomic E-state index is 0.956. The Bertz CT molecular complexity index is 417. The fraction of sp³-hybridized carbons (Fsp3) is 0.273. The summed E-state index contributed by atoms with van der Waals surface area (Å²) in [4.78, 5) is 1.39. The lowest BCUT2D eigenvalue weighted by Crippen LogP contribution is -2.04. The normalized spacial score (nSPS) is 10.9. The molecule has 1 nitrogen and oxygen atoms in total. The number of benzene rings is 1. The average Bonchev–Trinajstić information content (AvgIpc) is 2.47. The molecule has 0 spiro atoms. The smallest absolute Gasteiger partial charge is 0.0390 e. The topological polar surface area (TPSA) is 12.0 Å². The summed E-state index contributed by atoms with van der Waals surface area (Å²) in [5.74, 6) is 0. The Labute approximate surface area is 82.4 Å². The molecule has 0 bridgehead atoms. The second kappa shape index (κ2) is 3.48. The number of nitrogens with one attached hydrogen (secondary N) is 1. The van der Waals surface area contributed by atoms with Crippen LogP contribution in [0, 0.1) is 6.92 Å². The number of fused-ring (bicyclic) bond motifs is 1. The van der Waals surface area contributed by atoms with Gasteiger partial charge in [0.05, 0.1) is 0 Å². The molecule has 2 aromatic rings. The highest BCUT2D eigenvalue weighted by atomic mass is 32.1. The monoisotopic (exact) mass is 191 g/mol. The fourth-order valence-corrected chi connectivity index (χ4v) is 2.61. The van der Waals surface area contributed by atoms with Crippen LogP contribution < -0.4 is 5.32 Å². The van der Waals surface area contributed by atoms with Crippen molar-refractivity contribution in [1.82, 2.24) is 5.32 Å². The van der Waals surface area contributed by atoms with Gasteiger partial charge in [0.25, 0.3) is 0 Å². The van der Waals surface area contributed by atoms with E-state index in [1.54, 1.807) is 0 Å². The maximum absolute atomic E-state index is 3.19. The number of hydrogen-bond acceptors (Lipinski definition) is 2. The van der Waals surface area contributed by atoms with Crippen molar-refractivity contribution < 1.29 is 0 Å². The van der Waals surface area contributed by atoms with Crippen LogP contribution in [0.4, 0.5) is 0 Å². The van der Waals surface area contributed by atoms with E-state index in [1.807, 2.05) is 18.4 Å². The van der Waals surface area contributed by atoms with Gasteiger partial charge >= 0.3 is 0 Å². The van der Waals surface area contributed by atoms with Crippen molar-refractivity contribution in [2.45, 2.75) is 13.5 Å². The van der Waals surface area contributed by atoms with E-state index >= 15 is 0 Å². The second-order valence-electron chi connectivity index (χ2n) is 3.22. The van der Waals surface area contributed by atoms with Crippen molar-refractivity contribution in [3.63, 3.8) is 0 Å². The van der Waals surface area contributed by atoms with Crippen molar-refractivity contribution in [2.24, 2.45) is 0 Å². The number of rotatable bonds is 2. The van der Waals surface area contributed by atoms with E-state index in [0.717, 1.165) is 6.54 Å². The highest BCUT2D eigenvalue weighted by Crippen LogP contribution is 2.27. The molecule has 1 aromatic carbocycles. The molecule has 1 aromatic heterocycles. The third-order valence-corrected chi connectivity index (χ3v) is 3.26. The number of thiophene rings is 1. The highest BCUT2D eigenvalue weighted by Gasteiger charge is 2.02. The zero-order chi connectivity index (χ0) is 9.26. The summed E-state index contributed by atoms with van der Waals surface area (Å²) in [5, 5.41) is 4.56. The maximum Gasteiger partial charge on any atom is 0.0390 e. The molecule has 68 valence electrons. The Morgan fingerprint density at radius 1 is 1.38 bits per heavy atom. The molecule has 0 amide bonds. The minimum atomic E-state index is 0.956. The highest BCUT2D eigenvalue weighted by molar-refractivity contribution is 7.19.